The van der Waals surface area contributed by atoms with E-state index in [4.69, 9.17) is 16.3 Å². The van der Waals surface area contributed by atoms with Gasteiger partial charge in [0.05, 0.1) is 19.0 Å². The molecular weight excluding hydrogens is 412 g/mol. The average Bonchev–Trinajstić information content (AvgIpc) is 3.08. The first-order valence-corrected chi connectivity index (χ1v) is 9.91. The van der Waals surface area contributed by atoms with E-state index >= 15 is 0 Å². The summed E-state index contributed by atoms with van der Waals surface area (Å²) in [6.45, 7) is 0. The third kappa shape index (κ3) is 4.82. The molecule has 1 aliphatic rings. The second kappa shape index (κ2) is 9.28. The van der Waals surface area contributed by atoms with Crippen molar-refractivity contribution in [3.63, 3.8) is 0 Å². The summed E-state index contributed by atoms with van der Waals surface area (Å²) in [5.74, 6) is 0.735. The van der Waals surface area contributed by atoms with Crippen LogP contribution in [0.3, 0.4) is 0 Å². The molecule has 6 nitrogen and oxygen atoms in total. The van der Waals surface area contributed by atoms with Gasteiger partial charge in [-0.25, -0.2) is 4.99 Å². The minimum atomic E-state index is -0.304. The highest BCUT2D eigenvalue weighted by molar-refractivity contribution is 6.33. The molecule has 0 spiro atoms. The van der Waals surface area contributed by atoms with Crippen molar-refractivity contribution in [3.8, 4) is 5.75 Å². The average molecular weight is 431 g/mol. The Labute approximate surface area is 185 Å². The number of nitrogens with one attached hydrogen (secondary N) is 1. The number of hydrogen-bond acceptors (Lipinski definition) is 4. The van der Waals surface area contributed by atoms with Crippen LogP contribution >= 0.6 is 11.6 Å². The SMILES string of the molecule is COc1ccc(/C=C2\C(=O)NC(=Nc3ccccc3)N2/N=C/c2ccccc2Cl)cc1. The highest BCUT2D eigenvalue weighted by Gasteiger charge is 2.31. The maximum atomic E-state index is 12.8. The van der Waals surface area contributed by atoms with Crippen LogP contribution in [0.2, 0.25) is 5.02 Å². The Bertz CT molecular complexity index is 1170. The van der Waals surface area contributed by atoms with E-state index < -0.39 is 0 Å². The number of guanidine groups is 1. The number of carbonyl (C=O) groups excluding carboxylic acids is 1. The molecule has 4 rings (SSSR count). The normalized spacial score (nSPS) is 16.3. The van der Waals surface area contributed by atoms with E-state index in [9.17, 15) is 4.79 Å². The highest BCUT2D eigenvalue weighted by Crippen LogP contribution is 2.22. The quantitative estimate of drug-likeness (QED) is 0.465. The largest absolute Gasteiger partial charge is 0.497 e. The number of amides is 1. The molecule has 0 aromatic heterocycles. The van der Waals surface area contributed by atoms with Crippen molar-refractivity contribution in [2.45, 2.75) is 0 Å². The minimum absolute atomic E-state index is 0.304. The molecule has 0 unspecified atom stereocenters. The van der Waals surface area contributed by atoms with Gasteiger partial charge in [0, 0.05) is 10.6 Å². The number of rotatable bonds is 5. The predicted octanol–water partition coefficient (Wildman–Crippen LogP) is 4.84. The first-order chi connectivity index (χ1) is 15.1. The molecule has 1 saturated heterocycles. The fourth-order valence-electron chi connectivity index (χ4n) is 2.93. The van der Waals surface area contributed by atoms with E-state index in [1.54, 1.807) is 25.5 Å². The van der Waals surface area contributed by atoms with Gasteiger partial charge in [-0.15, -0.1) is 0 Å². The molecule has 0 atom stereocenters. The van der Waals surface area contributed by atoms with Crippen LogP contribution < -0.4 is 10.1 Å². The first-order valence-electron chi connectivity index (χ1n) is 9.53. The van der Waals surface area contributed by atoms with Crippen LogP contribution in [0.1, 0.15) is 11.1 Å². The number of nitrogens with zero attached hydrogens (tertiary/aromatic N) is 3. The van der Waals surface area contributed by atoms with Crippen LogP contribution in [0.4, 0.5) is 5.69 Å². The molecule has 1 heterocycles. The van der Waals surface area contributed by atoms with Crippen molar-refractivity contribution in [3.05, 3.63) is 101 Å². The number of aliphatic imine (C=N–C) groups is 1. The van der Waals surface area contributed by atoms with E-state index in [2.05, 4.69) is 15.4 Å². The Hall–Kier alpha value is -3.90. The summed E-state index contributed by atoms with van der Waals surface area (Å²) in [4.78, 5) is 17.3. The summed E-state index contributed by atoms with van der Waals surface area (Å²) in [7, 11) is 1.61. The number of carbonyl (C=O) groups is 1. The summed E-state index contributed by atoms with van der Waals surface area (Å²) in [6.07, 6.45) is 3.34. The lowest BCUT2D eigenvalue weighted by Crippen LogP contribution is -2.26. The third-order valence-corrected chi connectivity index (χ3v) is 4.86. The standard InChI is InChI=1S/C24H19ClN4O2/c1-31-20-13-11-17(12-14-20)15-22-23(30)28-24(27-19-8-3-2-4-9-19)29(22)26-16-18-7-5-6-10-21(18)25/h2-16H,1H3,(H,27,28,30)/b22-15+,26-16+. The zero-order valence-corrected chi connectivity index (χ0v) is 17.5. The molecule has 3 aromatic carbocycles. The second-order valence-electron chi connectivity index (χ2n) is 6.61. The monoisotopic (exact) mass is 430 g/mol. The van der Waals surface area contributed by atoms with Gasteiger partial charge in [-0.2, -0.15) is 10.1 Å². The Morgan fingerprint density at radius 2 is 1.68 bits per heavy atom. The third-order valence-electron chi connectivity index (χ3n) is 4.51. The Balaban J connectivity index is 1.74. The van der Waals surface area contributed by atoms with Crippen molar-refractivity contribution in [2.75, 3.05) is 7.11 Å². The number of methoxy groups -OCH3 is 1. The van der Waals surface area contributed by atoms with Gasteiger partial charge >= 0.3 is 0 Å². The maximum Gasteiger partial charge on any atom is 0.276 e. The van der Waals surface area contributed by atoms with Crippen molar-refractivity contribution in [2.24, 2.45) is 10.1 Å². The van der Waals surface area contributed by atoms with E-state index in [1.807, 2.05) is 72.8 Å². The number of para-hydroxylation sites is 1. The molecule has 1 N–H and O–H groups in total. The molecule has 0 aliphatic carbocycles. The molecule has 1 fully saturated rings. The van der Waals surface area contributed by atoms with Gasteiger partial charge in [0.1, 0.15) is 11.4 Å². The van der Waals surface area contributed by atoms with Crippen molar-refractivity contribution >= 4 is 41.4 Å². The summed E-state index contributed by atoms with van der Waals surface area (Å²) in [6, 6.07) is 24.1. The molecule has 0 saturated carbocycles. The smallest absolute Gasteiger partial charge is 0.276 e. The number of benzene rings is 3. The van der Waals surface area contributed by atoms with Crippen LogP contribution in [-0.2, 0) is 4.79 Å². The number of ether oxygens (including phenoxy) is 1. The second-order valence-corrected chi connectivity index (χ2v) is 7.01. The van der Waals surface area contributed by atoms with Gasteiger partial charge in [0.15, 0.2) is 0 Å². The molecular formula is C24H19ClN4O2. The van der Waals surface area contributed by atoms with Gasteiger partial charge < -0.3 is 4.74 Å². The maximum absolute atomic E-state index is 12.8. The van der Waals surface area contributed by atoms with Gasteiger partial charge in [-0.3, -0.25) is 10.1 Å². The van der Waals surface area contributed by atoms with Gasteiger partial charge in [-0.05, 0) is 42.0 Å². The lowest BCUT2D eigenvalue weighted by molar-refractivity contribution is -0.115. The Morgan fingerprint density at radius 1 is 0.968 bits per heavy atom. The Kier molecular flexibility index (Phi) is 6.10. The fraction of sp³-hybridized carbons (Fsp3) is 0.0417. The molecule has 7 heteroatoms. The summed E-state index contributed by atoms with van der Waals surface area (Å²) in [5, 5.41) is 9.34. The summed E-state index contributed by atoms with van der Waals surface area (Å²) < 4.78 is 5.20. The molecule has 0 bridgehead atoms. The highest BCUT2D eigenvalue weighted by atomic mass is 35.5. The van der Waals surface area contributed by atoms with Crippen molar-refractivity contribution in [1.82, 2.24) is 10.3 Å². The van der Waals surface area contributed by atoms with Gasteiger partial charge in [-0.1, -0.05) is 60.1 Å². The molecule has 0 radical (unpaired) electrons. The van der Waals surface area contributed by atoms with Gasteiger partial charge in [0.2, 0.25) is 5.96 Å². The van der Waals surface area contributed by atoms with Crippen molar-refractivity contribution < 1.29 is 9.53 Å². The van der Waals surface area contributed by atoms with E-state index in [-0.39, 0.29) is 5.91 Å². The Morgan fingerprint density at radius 3 is 2.39 bits per heavy atom. The summed E-state index contributed by atoms with van der Waals surface area (Å²) in [5.41, 5.74) is 2.58. The topological polar surface area (TPSA) is 66.3 Å². The van der Waals surface area contributed by atoms with E-state index in [1.165, 1.54) is 5.01 Å². The number of hydrazone groups is 1. The number of halogens is 1. The molecule has 31 heavy (non-hydrogen) atoms. The van der Waals surface area contributed by atoms with Crippen LogP contribution in [0.5, 0.6) is 5.75 Å². The molecule has 1 aliphatic heterocycles. The molecule has 1 amide bonds. The lowest BCUT2D eigenvalue weighted by atomic mass is 10.2. The molecule has 154 valence electrons. The van der Waals surface area contributed by atoms with Crippen LogP contribution in [-0.4, -0.2) is 30.2 Å². The number of hydrogen-bond donors (Lipinski definition) is 1. The first kappa shape index (κ1) is 20.4. The lowest BCUT2D eigenvalue weighted by Gasteiger charge is -2.12. The van der Waals surface area contributed by atoms with Crippen LogP contribution in [0.25, 0.3) is 6.08 Å². The van der Waals surface area contributed by atoms with Crippen molar-refractivity contribution in [1.29, 1.82) is 0 Å². The predicted molar refractivity (Wildman–Crippen MR) is 124 cm³/mol. The van der Waals surface area contributed by atoms with Gasteiger partial charge in [0.25, 0.3) is 5.91 Å². The molecule has 3 aromatic rings. The zero-order chi connectivity index (χ0) is 21.6. The minimum Gasteiger partial charge on any atom is -0.497 e. The summed E-state index contributed by atoms with van der Waals surface area (Å²) >= 11 is 6.25. The van der Waals surface area contributed by atoms with E-state index in [0.717, 1.165) is 16.9 Å². The van der Waals surface area contributed by atoms with Crippen LogP contribution in [0.15, 0.2) is 94.7 Å². The zero-order valence-electron chi connectivity index (χ0n) is 16.7. The van der Waals surface area contributed by atoms with Crippen LogP contribution in [0, 0.1) is 0 Å². The van der Waals surface area contributed by atoms with E-state index in [0.29, 0.717) is 22.4 Å². The fourth-order valence-corrected chi connectivity index (χ4v) is 3.11.